The number of allylic oxidation sites excluding steroid dienone is 5. The lowest BCUT2D eigenvalue weighted by molar-refractivity contribution is 0.866. The van der Waals surface area contributed by atoms with E-state index in [1.54, 1.807) is 0 Å². The van der Waals surface area contributed by atoms with Gasteiger partial charge in [0, 0.05) is 0 Å². The second-order valence-electron chi connectivity index (χ2n) is 4.90. The van der Waals surface area contributed by atoms with E-state index in [1.165, 1.54) is 16.7 Å². The minimum atomic E-state index is 0.601. The summed E-state index contributed by atoms with van der Waals surface area (Å²) in [5.41, 5.74) is 3.92. The fraction of sp³-hybridized carbons (Fsp3) is 0.333. The fourth-order valence-corrected chi connectivity index (χ4v) is 1.63. The third-order valence-electron chi connectivity index (χ3n) is 2.87. The summed E-state index contributed by atoms with van der Waals surface area (Å²) < 4.78 is 0. The minimum absolute atomic E-state index is 0.601. The molecule has 0 aliphatic carbocycles. The van der Waals surface area contributed by atoms with Crippen LogP contribution in [0.1, 0.15) is 51.2 Å². The van der Waals surface area contributed by atoms with Gasteiger partial charge in [-0.05, 0) is 30.4 Å². The Balaban J connectivity index is 2.67. The van der Waals surface area contributed by atoms with Crippen molar-refractivity contribution in [3.63, 3.8) is 0 Å². The maximum atomic E-state index is 2.22. The number of hydrogen-bond donors (Lipinski definition) is 0. The monoisotopic (exact) mass is 240 g/mol. The van der Waals surface area contributed by atoms with E-state index in [2.05, 4.69) is 82.3 Å². The Kier molecular flexibility index (Phi) is 6.21. The lowest BCUT2D eigenvalue weighted by Crippen LogP contribution is -1.85. The molecule has 0 heterocycles. The highest BCUT2D eigenvalue weighted by Gasteiger charge is 1.96. The predicted octanol–water partition coefficient (Wildman–Crippen LogP) is 5.74. The van der Waals surface area contributed by atoms with E-state index in [4.69, 9.17) is 0 Å². The average molecular weight is 240 g/mol. The molecule has 0 radical (unpaired) electrons. The van der Waals surface area contributed by atoms with E-state index < -0.39 is 0 Å². The van der Waals surface area contributed by atoms with Crippen LogP contribution in [-0.4, -0.2) is 0 Å². The van der Waals surface area contributed by atoms with Gasteiger partial charge in [-0.25, -0.2) is 0 Å². The van der Waals surface area contributed by atoms with Crippen molar-refractivity contribution in [3.05, 3.63) is 65.3 Å². The molecule has 0 N–H and O–H groups in total. The van der Waals surface area contributed by atoms with Crippen molar-refractivity contribution in [2.75, 3.05) is 0 Å². The molecule has 0 aliphatic rings. The molecule has 0 saturated heterocycles. The van der Waals surface area contributed by atoms with Gasteiger partial charge in [0.25, 0.3) is 0 Å². The lowest BCUT2D eigenvalue weighted by atomic mass is 10.0. The molecule has 0 nitrogen and oxygen atoms in total. The molecular weight excluding hydrogens is 216 g/mol. The summed E-state index contributed by atoms with van der Waals surface area (Å²) in [6.45, 7) is 8.71. The van der Waals surface area contributed by atoms with Crippen LogP contribution in [0, 0.1) is 0 Å². The van der Waals surface area contributed by atoms with Gasteiger partial charge >= 0.3 is 0 Å². The second kappa shape index (κ2) is 7.71. The molecule has 1 aromatic rings. The molecule has 1 aromatic carbocycles. The van der Waals surface area contributed by atoms with Crippen molar-refractivity contribution >= 4 is 6.08 Å². The van der Waals surface area contributed by atoms with E-state index >= 15 is 0 Å². The summed E-state index contributed by atoms with van der Waals surface area (Å²) in [5, 5.41) is 0. The van der Waals surface area contributed by atoms with Gasteiger partial charge in [0.2, 0.25) is 0 Å². The van der Waals surface area contributed by atoms with Gasteiger partial charge in [-0.15, -0.1) is 0 Å². The van der Waals surface area contributed by atoms with Crippen LogP contribution in [-0.2, 0) is 0 Å². The molecule has 0 spiro atoms. The summed E-state index contributed by atoms with van der Waals surface area (Å²) >= 11 is 0. The number of rotatable bonds is 5. The molecule has 0 bridgehead atoms. The number of hydrogen-bond acceptors (Lipinski definition) is 0. The Morgan fingerprint density at radius 2 is 1.83 bits per heavy atom. The molecule has 0 unspecified atom stereocenters. The van der Waals surface area contributed by atoms with Crippen LogP contribution in [0.5, 0.6) is 0 Å². The highest BCUT2D eigenvalue weighted by Crippen LogP contribution is 2.15. The van der Waals surface area contributed by atoms with E-state index in [0.29, 0.717) is 5.92 Å². The molecule has 0 heteroatoms. The second-order valence-corrected chi connectivity index (χ2v) is 4.90. The van der Waals surface area contributed by atoms with E-state index in [1.807, 2.05) is 0 Å². The highest BCUT2D eigenvalue weighted by molar-refractivity contribution is 5.53. The fourth-order valence-electron chi connectivity index (χ4n) is 1.63. The van der Waals surface area contributed by atoms with Crippen molar-refractivity contribution in [3.8, 4) is 0 Å². The van der Waals surface area contributed by atoms with Crippen molar-refractivity contribution in [2.24, 2.45) is 0 Å². The lowest BCUT2D eigenvalue weighted by Gasteiger charge is -2.04. The average Bonchev–Trinajstić information content (AvgIpc) is 2.37. The first-order chi connectivity index (χ1) is 8.63. The number of benzene rings is 1. The zero-order valence-electron chi connectivity index (χ0n) is 12.0. The van der Waals surface area contributed by atoms with Crippen LogP contribution in [0.3, 0.4) is 0 Å². The molecule has 1 rings (SSSR count). The van der Waals surface area contributed by atoms with E-state index in [-0.39, 0.29) is 0 Å². The molecule has 18 heavy (non-hydrogen) atoms. The van der Waals surface area contributed by atoms with Gasteiger partial charge in [0.1, 0.15) is 0 Å². The van der Waals surface area contributed by atoms with Gasteiger partial charge in [0.15, 0.2) is 0 Å². The highest BCUT2D eigenvalue weighted by atomic mass is 14.0. The first-order valence-electron chi connectivity index (χ1n) is 6.75. The van der Waals surface area contributed by atoms with E-state index in [9.17, 15) is 0 Å². The third kappa shape index (κ3) is 5.18. The third-order valence-corrected chi connectivity index (χ3v) is 2.87. The van der Waals surface area contributed by atoms with Crippen LogP contribution in [0.2, 0.25) is 0 Å². The standard InChI is InChI=1S/C18H24/c1-5-6-7-8-16(4)9-10-17-11-13-18(14-12-17)15(2)3/h6-15H,5H2,1-4H3/b7-6-,10-9+,16-8-. The summed E-state index contributed by atoms with van der Waals surface area (Å²) in [5.74, 6) is 0.601. The smallest absolute Gasteiger partial charge is 0.0219 e. The van der Waals surface area contributed by atoms with Crippen molar-refractivity contribution in [2.45, 2.75) is 40.0 Å². The van der Waals surface area contributed by atoms with E-state index in [0.717, 1.165) is 6.42 Å². The van der Waals surface area contributed by atoms with Gasteiger partial charge in [-0.1, -0.05) is 81.0 Å². The topological polar surface area (TPSA) is 0 Å². The first-order valence-corrected chi connectivity index (χ1v) is 6.75. The molecule has 0 aliphatic heterocycles. The summed E-state index contributed by atoms with van der Waals surface area (Å²) in [7, 11) is 0. The van der Waals surface area contributed by atoms with Crippen molar-refractivity contribution < 1.29 is 0 Å². The van der Waals surface area contributed by atoms with Crippen LogP contribution in [0.25, 0.3) is 6.08 Å². The largest absolute Gasteiger partial charge is 0.0848 e. The van der Waals surface area contributed by atoms with Crippen LogP contribution in [0.15, 0.2) is 54.1 Å². The molecule has 0 aromatic heterocycles. The van der Waals surface area contributed by atoms with Gasteiger partial charge in [-0.2, -0.15) is 0 Å². The molecular formula is C18H24. The Labute approximate surface area is 112 Å². The summed E-state index contributed by atoms with van der Waals surface area (Å²) in [4.78, 5) is 0. The molecule has 0 amide bonds. The van der Waals surface area contributed by atoms with Crippen LogP contribution >= 0.6 is 0 Å². The predicted molar refractivity (Wildman–Crippen MR) is 82.8 cm³/mol. The van der Waals surface area contributed by atoms with Crippen molar-refractivity contribution in [1.29, 1.82) is 0 Å². The Bertz CT molecular complexity index is 428. The van der Waals surface area contributed by atoms with Gasteiger partial charge < -0.3 is 0 Å². The molecule has 0 fully saturated rings. The van der Waals surface area contributed by atoms with Crippen LogP contribution in [0.4, 0.5) is 0 Å². The summed E-state index contributed by atoms with van der Waals surface area (Å²) in [6.07, 6.45) is 11.8. The Morgan fingerprint density at radius 3 is 2.39 bits per heavy atom. The van der Waals surface area contributed by atoms with Gasteiger partial charge in [0.05, 0.1) is 0 Å². The maximum Gasteiger partial charge on any atom is -0.0219 e. The zero-order valence-corrected chi connectivity index (χ0v) is 12.0. The van der Waals surface area contributed by atoms with Crippen molar-refractivity contribution in [1.82, 2.24) is 0 Å². The molecule has 0 atom stereocenters. The normalized spacial score (nSPS) is 13.1. The SMILES string of the molecule is CC\C=C/C=C(C)\C=C\c1ccc(C(C)C)cc1. The quantitative estimate of drug-likeness (QED) is 0.576. The van der Waals surface area contributed by atoms with Gasteiger partial charge in [-0.3, -0.25) is 0 Å². The summed E-state index contributed by atoms with van der Waals surface area (Å²) in [6, 6.07) is 8.78. The molecule has 0 saturated carbocycles. The molecule has 96 valence electrons. The Morgan fingerprint density at radius 1 is 1.17 bits per heavy atom. The minimum Gasteiger partial charge on any atom is -0.0848 e. The zero-order chi connectivity index (χ0) is 13.4. The Hall–Kier alpha value is -1.56. The maximum absolute atomic E-state index is 2.22. The van der Waals surface area contributed by atoms with Crippen LogP contribution < -0.4 is 0 Å². The first kappa shape index (κ1) is 14.5.